The number of ether oxygens (including phenoxy) is 2. The lowest BCUT2D eigenvalue weighted by Gasteiger charge is -2.32. The Morgan fingerprint density at radius 1 is 0.885 bits per heavy atom. The molecule has 0 fully saturated rings. The van der Waals surface area contributed by atoms with E-state index in [1.54, 1.807) is 0 Å². The van der Waals surface area contributed by atoms with Crippen molar-refractivity contribution in [2.75, 3.05) is 7.11 Å². The second-order valence-corrected chi connectivity index (χ2v) is 11.8. The minimum absolute atomic E-state index is 0.0828. The first-order valence-corrected chi connectivity index (χ1v) is 11.8. The van der Waals surface area contributed by atoms with Gasteiger partial charge in [-0.1, -0.05) is 78.9 Å². The van der Waals surface area contributed by atoms with E-state index in [9.17, 15) is 9.59 Å². The van der Waals surface area contributed by atoms with Crippen LogP contribution in [0.15, 0.2) is 60.7 Å². The largest absolute Gasteiger partial charge is 0.469 e. The molecule has 0 saturated heterocycles. The minimum Gasteiger partial charge on any atom is -0.469 e. The Labute approximate surface area is 156 Å². The third kappa shape index (κ3) is 5.56. The summed E-state index contributed by atoms with van der Waals surface area (Å²) in [6.45, 7) is 4.61. The highest BCUT2D eigenvalue weighted by Crippen LogP contribution is 2.30. The highest BCUT2D eigenvalue weighted by molar-refractivity contribution is 6.91. The van der Waals surface area contributed by atoms with E-state index < -0.39 is 8.07 Å². The van der Waals surface area contributed by atoms with E-state index in [4.69, 9.17) is 9.47 Å². The number of benzene rings is 2. The first-order valence-electron chi connectivity index (χ1n) is 8.75. The van der Waals surface area contributed by atoms with Gasteiger partial charge in [-0.25, -0.2) is 0 Å². The number of rotatable bonds is 8. The monoisotopic (exact) mass is 370 g/mol. The van der Waals surface area contributed by atoms with Gasteiger partial charge in [0, 0.05) is 12.8 Å². The van der Waals surface area contributed by atoms with E-state index in [0.29, 0.717) is 0 Å². The fourth-order valence-electron chi connectivity index (χ4n) is 2.97. The molecule has 0 aliphatic rings. The predicted molar refractivity (Wildman–Crippen MR) is 105 cm³/mol. The molecule has 0 spiro atoms. The zero-order chi connectivity index (χ0) is 19.0. The van der Waals surface area contributed by atoms with Crippen molar-refractivity contribution in [1.82, 2.24) is 0 Å². The number of methoxy groups -OCH3 is 1. The summed E-state index contributed by atoms with van der Waals surface area (Å²) in [6, 6.07) is 19.7. The number of esters is 2. The molecule has 2 rings (SSSR count). The van der Waals surface area contributed by atoms with Crippen LogP contribution in [0.5, 0.6) is 0 Å². The molecule has 0 N–H and O–H groups in total. The van der Waals surface area contributed by atoms with Crippen LogP contribution in [0, 0.1) is 0 Å². The van der Waals surface area contributed by atoms with Gasteiger partial charge in [-0.3, -0.25) is 9.59 Å². The first kappa shape index (κ1) is 19.9. The molecule has 0 saturated carbocycles. The zero-order valence-electron chi connectivity index (χ0n) is 15.6. The highest BCUT2D eigenvalue weighted by atomic mass is 28.3. The molecule has 0 heterocycles. The number of carbonyl (C=O) groups excluding carboxylic acids is 2. The summed E-state index contributed by atoms with van der Waals surface area (Å²) < 4.78 is 10.3. The SMILES string of the molecule is COC(=O)C[C@H](CC(=O)OCc1ccccc1)[Si](C)(C)c1ccccc1. The van der Waals surface area contributed by atoms with E-state index >= 15 is 0 Å². The Bertz CT molecular complexity index is 713. The summed E-state index contributed by atoms with van der Waals surface area (Å²) in [5, 5.41) is 1.21. The van der Waals surface area contributed by atoms with Crippen molar-refractivity contribution in [2.24, 2.45) is 0 Å². The van der Waals surface area contributed by atoms with Crippen LogP contribution in [-0.2, 0) is 25.7 Å². The lowest BCUT2D eigenvalue weighted by Crippen LogP contribution is -2.47. The van der Waals surface area contributed by atoms with Gasteiger partial charge in [-0.15, -0.1) is 0 Å². The van der Waals surface area contributed by atoms with Crippen molar-refractivity contribution in [1.29, 1.82) is 0 Å². The molecule has 0 unspecified atom stereocenters. The third-order valence-electron chi connectivity index (χ3n) is 4.83. The molecule has 4 nitrogen and oxygen atoms in total. The van der Waals surface area contributed by atoms with Crippen molar-refractivity contribution in [2.45, 2.75) is 38.1 Å². The van der Waals surface area contributed by atoms with Gasteiger partial charge in [-0.2, -0.15) is 0 Å². The maximum absolute atomic E-state index is 12.4. The van der Waals surface area contributed by atoms with Gasteiger partial charge in [0.2, 0.25) is 0 Å². The maximum atomic E-state index is 12.4. The van der Waals surface area contributed by atoms with Crippen molar-refractivity contribution in [3.8, 4) is 0 Å². The Kier molecular flexibility index (Phi) is 7.15. The normalized spacial score (nSPS) is 12.3. The van der Waals surface area contributed by atoms with Crippen LogP contribution in [0.25, 0.3) is 0 Å². The van der Waals surface area contributed by atoms with E-state index in [0.717, 1.165) is 5.56 Å². The van der Waals surface area contributed by atoms with Crippen molar-refractivity contribution < 1.29 is 19.1 Å². The Balaban J connectivity index is 2.09. The summed E-state index contributed by atoms with van der Waals surface area (Å²) in [5.41, 5.74) is 0.866. The average molecular weight is 371 g/mol. The molecule has 138 valence electrons. The average Bonchev–Trinajstić information content (AvgIpc) is 2.67. The molecule has 0 aliphatic carbocycles. The molecular weight excluding hydrogens is 344 g/mol. The second kappa shape index (κ2) is 9.34. The molecule has 0 aliphatic heterocycles. The molecule has 2 aromatic rings. The lowest BCUT2D eigenvalue weighted by atomic mass is 10.2. The fraction of sp³-hybridized carbons (Fsp3) is 0.333. The zero-order valence-corrected chi connectivity index (χ0v) is 16.6. The van der Waals surface area contributed by atoms with E-state index in [-0.39, 0.29) is 36.9 Å². The van der Waals surface area contributed by atoms with Gasteiger partial charge in [0.1, 0.15) is 6.61 Å². The van der Waals surface area contributed by atoms with E-state index in [1.807, 2.05) is 48.5 Å². The molecule has 0 amide bonds. The summed E-state index contributed by atoms with van der Waals surface area (Å²) in [6.07, 6.45) is 0.446. The van der Waals surface area contributed by atoms with Gasteiger partial charge in [0.25, 0.3) is 0 Å². The molecule has 0 aromatic heterocycles. The minimum atomic E-state index is -2.06. The second-order valence-electron chi connectivity index (χ2n) is 6.92. The van der Waals surface area contributed by atoms with E-state index in [1.165, 1.54) is 12.3 Å². The molecule has 0 radical (unpaired) electrons. The molecule has 1 atom stereocenters. The van der Waals surface area contributed by atoms with Crippen molar-refractivity contribution >= 4 is 25.2 Å². The van der Waals surface area contributed by atoms with Crippen LogP contribution in [0.4, 0.5) is 0 Å². The van der Waals surface area contributed by atoms with Crippen LogP contribution in [-0.4, -0.2) is 27.1 Å². The maximum Gasteiger partial charge on any atom is 0.306 e. The lowest BCUT2D eigenvalue weighted by molar-refractivity contribution is -0.145. The smallest absolute Gasteiger partial charge is 0.306 e. The summed E-state index contributed by atoms with van der Waals surface area (Å²) in [7, 11) is -0.681. The molecular formula is C21H26O4Si. The van der Waals surface area contributed by atoms with Gasteiger partial charge < -0.3 is 9.47 Å². The Morgan fingerprint density at radius 2 is 1.42 bits per heavy atom. The van der Waals surface area contributed by atoms with Crippen LogP contribution < -0.4 is 5.19 Å². The predicted octanol–water partition coefficient (Wildman–Crippen LogP) is 3.67. The summed E-state index contributed by atoms with van der Waals surface area (Å²) in [5.74, 6) is -0.568. The highest BCUT2D eigenvalue weighted by Gasteiger charge is 2.37. The van der Waals surface area contributed by atoms with Gasteiger partial charge in [-0.05, 0) is 11.1 Å². The van der Waals surface area contributed by atoms with Crippen molar-refractivity contribution in [3.63, 3.8) is 0 Å². The molecule has 26 heavy (non-hydrogen) atoms. The van der Waals surface area contributed by atoms with Crippen LogP contribution in [0.2, 0.25) is 18.6 Å². The molecule has 0 bridgehead atoms. The standard InChI is InChI=1S/C21H26O4Si/c1-24-20(22)14-19(26(2,3)18-12-8-5-9-13-18)15-21(23)25-16-17-10-6-4-7-11-17/h4-13,19H,14-16H2,1-3H3/t19-/m1/s1. The number of hydrogen-bond acceptors (Lipinski definition) is 4. The molecule has 5 heteroatoms. The topological polar surface area (TPSA) is 52.6 Å². The van der Waals surface area contributed by atoms with Crippen LogP contribution in [0.1, 0.15) is 18.4 Å². The molecule has 2 aromatic carbocycles. The quantitative estimate of drug-likeness (QED) is 0.525. The summed E-state index contributed by atoms with van der Waals surface area (Å²) >= 11 is 0. The van der Waals surface area contributed by atoms with Gasteiger partial charge in [0.05, 0.1) is 15.2 Å². The van der Waals surface area contributed by atoms with Crippen LogP contribution >= 0.6 is 0 Å². The fourth-order valence-corrected chi connectivity index (χ4v) is 5.85. The van der Waals surface area contributed by atoms with Gasteiger partial charge in [0.15, 0.2) is 0 Å². The number of carbonyl (C=O) groups is 2. The first-order chi connectivity index (χ1) is 12.4. The number of hydrogen-bond donors (Lipinski definition) is 0. The van der Waals surface area contributed by atoms with E-state index in [2.05, 4.69) is 25.2 Å². The Hall–Kier alpha value is -2.40. The van der Waals surface area contributed by atoms with Crippen LogP contribution in [0.3, 0.4) is 0 Å². The van der Waals surface area contributed by atoms with Crippen molar-refractivity contribution in [3.05, 3.63) is 66.2 Å². The summed E-state index contributed by atoms with van der Waals surface area (Å²) in [4.78, 5) is 24.3. The third-order valence-corrected chi connectivity index (χ3v) is 9.11. The Morgan fingerprint density at radius 3 is 2.00 bits per heavy atom. The van der Waals surface area contributed by atoms with Gasteiger partial charge >= 0.3 is 11.9 Å².